The van der Waals surface area contributed by atoms with Crippen molar-refractivity contribution in [1.29, 1.82) is 0 Å². The second-order valence-electron chi connectivity index (χ2n) is 22.4. The molecule has 0 aromatic heterocycles. The highest BCUT2D eigenvalue weighted by Crippen LogP contribution is 2.45. The number of nitrogens with one attached hydrogen (secondary N) is 8. The van der Waals surface area contributed by atoms with Crippen molar-refractivity contribution in [1.82, 2.24) is 42.5 Å². The number of hydrogen-bond donors (Lipinski definition) is 8. The van der Waals surface area contributed by atoms with Crippen LogP contribution in [0.5, 0.6) is 5.75 Å². The van der Waals surface area contributed by atoms with E-state index in [0.717, 1.165) is 11.1 Å². The molecule has 8 amide bonds. The van der Waals surface area contributed by atoms with Gasteiger partial charge in [-0.05, 0) is 99.6 Å². The number of benzene rings is 2. The average molecular weight is 1120 g/mol. The van der Waals surface area contributed by atoms with Crippen molar-refractivity contribution in [2.45, 2.75) is 169 Å². The van der Waals surface area contributed by atoms with Crippen molar-refractivity contribution in [3.05, 3.63) is 76.3 Å². The number of epoxide rings is 1. The fraction of sp³-hybridized carbons (Fsp3) is 0.596. The van der Waals surface area contributed by atoms with Gasteiger partial charge in [0.15, 0.2) is 0 Å². The topological polar surface area (TPSA) is 290 Å². The number of rotatable bonds is 22. The van der Waals surface area contributed by atoms with Crippen molar-refractivity contribution >= 4 is 65.0 Å². The standard InChI is InChI=1S/C57H83ClN8O13/c1-32(2)47(66-46(69)18-14-16-44(67)59-11)52(72)62-34(4)50(70)60-27-28-61-55(75)77-31-37-19-23-38(24-20-37)49-48(79-49)33(3)42-15-13-17-45(68)64-40(25-21-36-22-26-43(76-12)39(58)29-36)51(71)63-35(5)57(9,10)54(74)65-41(53(73)78-42)30-56(6,7)8/h13,17,19-20,22-24,26,29,32-35,40-42,47-49H,14-16,18,21,25,27-28,30-31H2,1-12H3,(H,59,67)(H,60,70)(H,61,75)(H,62,72)(H,63,71)(H,64,68)(H,65,74)(H,66,69)/b17-13+/t33?,34-,35-,40?,41-,42-,47?,48+,49+/m0/s1. The number of amides is 8. The van der Waals surface area contributed by atoms with Crippen LogP contribution in [0.2, 0.25) is 5.02 Å². The molecule has 2 aliphatic rings. The zero-order valence-electron chi connectivity index (χ0n) is 47.7. The van der Waals surface area contributed by atoms with Gasteiger partial charge in [-0.2, -0.15) is 0 Å². The molecule has 2 heterocycles. The van der Waals surface area contributed by atoms with Crippen LogP contribution in [0.25, 0.3) is 0 Å². The highest BCUT2D eigenvalue weighted by molar-refractivity contribution is 6.32. The predicted octanol–water partition coefficient (Wildman–Crippen LogP) is 4.77. The van der Waals surface area contributed by atoms with Gasteiger partial charge in [0, 0.05) is 51.4 Å². The number of carbonyl (C=O) groups excluding carboxylic acids is 9. The predicted molar refractivity (Wildman–Crippen MR) is 296 cm³/mol. The minimum absolute atomic E-state index is 0.0355. The molecule has 79 heavy (non-hydrogen) atoms. The molecule has 436 valence electrons. The van der Waals surface area contributed by atoms with E-state index in [-0.39, 0.29) is 75.6 Å². The Balaban J connectivity index is 1.34. The van der Waals surface area contributed by atoms with E-state index < -0.39 is 101 Å². The molecule has 1 saturated heterocycles. The number of carbonyl (C=O) groups is 9. The Labute approximate surface area is 469 Å². The first-order valence-corrected chi connectivity index (χ1v) is 27.4. The smallest absolute Gasteiger partial charge is 0.407 e. The van der Waals surface area contributed by atoms with E-state index in [0.29, 0.717) is 29.2 Å². The van der Waals surface area contributed by atoms with E-state index in [1.165, 1.54) is 27.2 Å². The molecule has 0 saturated carbocycles. The first kappa shape index (κ1) is 64.8. The van der Waals surface area contributed by atoms with Crippen molar-refractivity contribution in [3.63, 3.8) is 0 Å². The van der Waals surface area contributed by atoms with E-state index in [4.69, 9.17) is 30.5 Å². The minimum atomic E-state index is -1.21. The van der Waals surface area contributed by atoms with E-state index >= 15 is 0 Å². The molecular formula is C57H83ClN8O13. The summed E-state index contributed by atoms with van der Waals surface area (Å²) < 4.78 is 23.1. The number of hydrogen-bond acceptors (Lipinski definition) is 13. The molecule has 2 aromatic rings. The molecule has 2 aromatic carbocycles. The number of halogens is 1. The van der Waals surface area contributed by atoms with Crippen LogP contribution in [-0.4, -0.2) is 123 Å². The van der Waals surface area contributed by atoms with E-state index in [9.17, 15) is 43.2 Å². The summed E-state index contributed by atoms with van der Waals surface area (Å²) in [5.41, 5.74) is 0.727. The monoisotopic (exact) mass is 1120 g/mol. The highest BCUT2D eigenvalue weighted by atomic mass is 35.5. The van der Waals surface area contributed by atoms with E-state index in [1.807, 2.05) is 45.9 Å². The lowest BCUT2D eigenvalue weighted by atomic mass is 9.82. The number of alkyl carbamates (subject to hydrolysis) is 1. The number of ether oxygens (including phenoxy) is 4. The molecule has 21 nitrogen and oxygen atoms in total. The van der Waals surface area contributed by atoms with Crippen molar-refractivity contribution < 1.29 is 62.1 Å². The van der Waals surface area contributed by atoms with Crippen LogP contribution in [0.4, 0.5) is 4.79 Å². The summed E-state index contributed by atoms with van der Waals surface area (Å²) in [7, 11) is 3.03. The van der Waals surface area contributed by atoms with Gasteiger partial charge in [-0.1, -0.05) is 89.6 Å². The minimum Gasteiger partial charge on any atom is -0.495 e. The molecule has 3 unspecified atom stereocenters. The zero-order valence-corrected chi connectivity index (χ0v) is 48.5. The van der Waals surface area contributed by atoms with Crippen LogP contribution in [0.3, 0.4) is 0 Å². The SMILES string of the molecule is CNC(=O)CCCC(=O)NC(C(=O)N[C@@H](C)C(=O)NCCNC(=O)OCc1ccc([C@H]2O[C@@H]2C(C)[C@@H]2C/C=C/C(=O)NC(CCc3ccc(OC)c(Cl)c3)C(=O)N[C@@H](C)C(C)(C)C(=O)N[C@@H](CC(C)(C)C)C(=O)O2)cc1)C(C)C. The average Bonchev–Trinajstić information content (AvgIpc) is 4.27. The van der Waals surface area contributed by atoms with Gasteiger partial charge in [0.25, 0.3) is 0 Å². The number of aryl methyl sites for hydroxylation is 1. The summed E-state index contributed by atoms with van der Waals surface area (Å²) in [6.45, 7) is 17.8. The highest BCUT2D eigenvalue weighted by Gasteiger charge is 2.48. The summed E-state index contributed by atoms with van der Waals surface area (Å²) in [5, 5.41) is 22.1. The second-order valence-corrected chi connectivity index (χ2v) is 22.8. The van der Waals surface area contributed by atoms with Gasteiger partial charge >= 0.3 is 12.1 Å². The third-order valence-corrected chi connectivity index (χ3v) is 14.3. The summed E-state index contributed by atoms with van der Waals surface area (Å²) >= 11 is 6.38. The van der Waals surface area contributed by atoms with E-state index in [1.54, 1.807) is 65.0 Å². The van der Waals surface area contributed by atoms with Gasteiger partial charge in [0.05, 0.1) is 23.7 Å². The Morgan fingerprint density at radius 3 is 2.14 bits per heavy atom. The number of methoxy groups -OCH3 is 1. The van der Waals surface area contributed by atoms with Crippen LogP contribution in [-0.2, 0) is 65.6 Å². The van der Waals surface area contributed by atoms with Gasteiger partial charge in [-0.3, -0.25) is 33.6 Å². The van der Waals surface area contributed by atoms with Crippen LogP contribution in [0.1, 0.15) is 131 Å². The molecule has 4 rings (SSSR count). The molecule has 8 N–H and O–H groups in total. The Hall–Kier alpha value is -6.74. The van der Waals surface area contributed by atoms with Gasteiger partial charge in [0.2, 0.25) is 41.4 Å². The molecule has 9 atom stereocenters. The van der Waals surface area contributed by atoms with Gasteiger partial charge in [-0.25, -0.2) is 9.59 Å². The van der Waals surface area contributed by atoms with Crippen molar-refractivity contribution in [2.24, 2.45) is 22.7 Å². The zero-order chi connectivity index (χ0) is 58.8. The molecule has 2 aliphatic heterocycles. The Kier molecular flexibility index (Phi) is 24.6. The number of cyclic esters (lactones) is 1. The van der Waals surface area contributed by atoms with E-state index in [2.05, 4.69) is 42.5 Å². The van der Waals surface area contributed by atoms with Gasteiger partial charge in [0.1, 0.15) is 48.7 Å². The number of esters is 1. The fourth-order valence-corrected chi connectivity index (χ4v) is 8.89. The van der Waals surface area contributed by atoms with Crippen LogP contribution in [0, 0.1) is 22.7 Å². The molecular weight excluding hydrogens is 1040 g/mol. The molecule has 0 aliphatic carbocycles. The third kappa shape index (κ3) is 20.8. The molecule has 0 bridgehead atoms. The quantitative estimate of drug-likeness (QED) is 0.0449. The Bertz CT molecular complexity index is 2500. The van der Waals surface area contributed by atoms with Crippen molar-refractivity contribution in [2.75, 3.05) is 27.2 Å². The first-order chi connectivity index (χ1) is 37.1. The lowest BCUT2D eigenvalue weighted by Crippen LogP contribution is -2.57. The lowest BCUT2D eigenvalue weighted by Gasteiger charge is -2.35. The maximum Gasteiger partial charge on any atom is 0.407 e. The second kappa shape index (κ2) is 30.0. The van der Waals surface area contributed by atoms with Crippen LogP contribution >= 0.6 is 11.6 Å². The summed E-state index contributed by atoms with van der Waals surface area (Å²) in [6, 6.07) is 8.00. The summed E-state index contributed by atoms with van der Waals surface area (Å²) in [6.07, 6.45) is 2.16. The maximum atomic E-state index is 14.2. The van der Waals surface area contributed by atoms with Gasteiger partial charge < -0.3 is 61.5 Å². The first-order valence-electron chi connectivity index (χ1n) is 27.0. The maximum absolute atomic E-state index is 14.2. The molecule has 0 radical (unpaired) electrons. The van der Waals surface area contributed by atoms with Crippen LogP contribution < -0.4 is 47.3 Å². The molecule has 22 heteroatoms. The van der Waals surface area contributed by atoms with Crippen LogP contribution in [0.15, 0.2) is 54.6 Å². The van der Waals surface area contributed by atoms with Gasteiger partial charge in [-0.15, -0.1) is 0 Å². The molecule has 0 spiro atoms. The lowest BCUT2D eigenvalue weighted by molar-refractivity contribution is -0.157. The van der Waals surface area contributed by atoms with Crippen molar-refractivity contribution in [3.8, 4) is 5.75 Å². The largest absolute Gasteiger partial charge is 0.495 e. The fourth-order valence-electron chi connectivity index (χ4n) is 8.61. The normalized spacial score (nSPS) is 22.3. The summed E-state index contributed by atoms with van der Waals surface area (Å²) in [4.78, 5) is 118. The third-order valence-electron chi connectivity index (χ3n) is 14.0. The molecule has 1 fully saturated rings. The summed E-state index contributed by atoms with van der Waals surface area (Å²) in [5.74, 6) is -3.91. The Morgan fingerprint density at radius 2 is 1.51 bits per heavy atom. The Morgan fingerprint density at radius 1 is 0.848 bits per heavy atom.